The van der Waals surface area contributed by atoms with Gasteiger partial charge in [0.25, 0.3) is 5.69 Å². The zero-order valence-electron chi connectivity index (χ0n) is 14.5. The van der Waals surface area contributed by atoms with E-state index >= 15 is 0 Å². The number of fused-ring (bicyclic) bond motifs is 2. The number of aromatic nitrogens is 2. The van der Waals surface area contributed by atoms with Crippen molar-refractivity contribution in [3.63, 3.8) is 0 Å². The first-order valence-electron chi connectivity index (χ1n) is 8.07. The summed E-state index contributed by atoms with van der Waals surface area (Å²) in [4.78, 5) is 21.4. The van der Waals surface area contributed by atoms with Gasteiger partial charge in [0.15, 0.2) is 0 Å². The van der Waals surface area contributed by atoms with Gasteiger partial charge >= 0.3 is 0 Å². The highest BCUT2D eigenvalue weighted by atomic mass is 35.5. The minimum atomic E-state index is -1.25. The lowest BCUT2D eigenvalue weighted by molar-refractivity contribution is -0.384. The van der Waals surface area contributed by atoms with Crippen LogP contribution < -0.4 is 0 Å². The molecule has 0 saturated heterocycles. The molecular formula is C19H12ClN3O3S2. The summed E-state index contributed by atoms with van der Waals surface area (Å²) in [7, 11) is -1.25. The van der Waals surface area contributed by atoms with Crippen molar-refractivity contribution in [3.05, 3.63) is 70.0 Å². The van der Waals surface area contributed by atoms with E-state index in [-0.39, 0.29) is 5.69 Å². The molecule has 2 aromatic heterocycles. The Morgan fingerprint density at radius 1 is 1.07 bits per heavy atom. The molecule has 4 rings (SSSR count). The summed E-state index contributed by atoms with van der Waals surface area (Å²) >= 11 is 7.91. The summed E-state index contributed by atoms with van der Waals surface area (Å²) < 4.78 is 12.3. The van der Waals surface area contributed by atoms with E-state index in [4.69, 9.17) is 11.6 Å². The number of nitro groups is 1. The maximum absolute atomic E-state index is 12.3. The predicted molar refractivity (Wildman–Crippen MR) is 112 cm³/mol. The summed E-state index contributed by atoms with van der Waals surface area (Å²) in [6, 6.07) is 11.9. The van der Waals surface area contributed by atoms with E-state index < -0.39 is 15.7 Å². The lowest BCUT2D eigenvalue weighted by atomic mass is 10.2. The van der Waals surface area contributed by atoms with Crippen LogP contribution in [0.15, 0.2) is 69.5 Å². The molecule has 0 aliphatic heterocycles. The summed E-state index contributed by atoms with van der Waals surface area (Å²) in [5, 5.41) is 12.8. The van der Waals surface area contributed by atoms with Gasteiger partial charge < -0.3 is 0 Å². The van der Waals surface area contributed by atoms with Gasteiger partial charge in [0, 0.05) is 51.3 Å². The van der Waals surface area contributed by atoms with Crippen LogP contribution in [-0.2, 0) is 10.8 Å². The number of hydrogen-bond acceptors (Lipinski definition) is 6. The van der Waals surface area contributed by atoms with Gasteiger partial charge in [0.05, 0.1) is 36.7 Å². The maximum atomic E-state index is 12.3. The van der Waals surface area contributed by atoms with Gasteiger partial charge in [-0.3, -0.25) is 24.3 Å². The molecule has 140 valence electrons. The largest absolute Gasteiger partial charge is 0.270 e. The second-order valence-corrected chi connectivity index (χ2v) is 8.70. The third kappa shape index (κ3) is 3.34. The number of non-ortho nitro benzene ring substituents is 1. The molecular weight excluding hydrogens is 418 g/mol. The van der Waals surface area contributed by atoms with Crippen LogP contribution in [0.2, 0.25) is 5.02 Å². The van der Waals surface area contributed by atoms with Crippen molar-refractivity contribution < 1.29 is 9.13 Å². The van der Waals surface area contributed by atoms with E-state index in [1.165, 1.54) is 23.9 Å². The Hall–Kier alpha value is -2.55. The van der Waals surface area contributed by atoms with Crippen LogP contribution in [0.3, 0.4) is 0 Å². The van der Waals surface area contributed by atoms with Crippen molar-refractivity contribution in [2.45, 2.75) is 14.7 Å². The molecule has 28 heavy (non-hydrogen) atoms. The molecule has 0 N–H and O–H groups in total. The molecule has 0 amide bonds. The first-order valence-corrected chi connectivity index (χ1v) is 10.8. The third-order valence-electron chi connectivity index (χ3n) is 4.18. The Morgan fingerprint density at radius 3 is 2.54 bits per heavy atom. The van der Waals surface area contributed by atoms with Gasteiger partial charge in [-0.2, -0.15) is 0 Å². The quantitative estimate of drug-likeness (QED) is 0.326. The fourth-order valence-electron chi connectivity index (χ4n) is 2.83. The lowest BCUT2D eigenvalue weighted by Gasteiger charge is -2.12. The number of halogens is 1. The topological polar surface area (TPSA) is 86.0 Å². The molecule has 0 bridgehead atoms. The molecule has 2 aromatic carbocycles. The van der Waals surface area contributed by atoms with Gasteiger partial charge in [-0.05, 0) is 12.1 Å². The van der Waals surface area contributed by atoms with Crippen LogP contribution in [-0.4, -0.2) is 25.4 Å². The van der Waals surface area contributed by atoms with Crippen molar-refractivity contribution in [1.29, 1.82) is 0 Å². The molecule has 4 aromatic rings. The molecule has 1 atom stereocenters. The van der Waals surface area contributed by atoms with Crippen molar-refractivity contribution in [3.8, 4) is 0 Å². The highest BCUT2D eigenvalue weighted by Gasteiger charge is 2.17. The van der Waals surface area contributed by atoms with Gasteiger partial charge in [-0.15, -0.1) is 0 Å². The zero-order valence-corrected chi connectivity index (χ0v) is 16.8. The third-order valence-corrected chi connectivity index (χ3v) is 6.93. The Labute approximate surface area is 171 Å². The number of rotatable bonds is 4. The van der Waals surface area contributed by atoms with Crippen molar-refractivity contribution >= 4 is 61.7 Å². The molecule has 0 radical (unpaired) electrons. The number of benzene rings is 2. The first kappa shape index (κ1) is 18.8. The second-order valence-electron chi connectivity index (χ2n) is 5.92. The number of nitro benzene ring substituents is 1. The van der Waals surface area contributed by atoms with Crippen molar-refractivity contribution in [2.75, 3.05) is 6.26 Å². The number of nitrogens with zero attached hydrogens (tertiary/aromatic N) is 3. The highest BCUT2D eigenvalue weighted by Crippen LogP contribution is 2.42. The summed E-state index contributed by atoms with van der Waals surface area (Å²) in [5.41, 5.74) is 1.29. The van der Waals surface area contributed by atoms with E-state index in [0.717, 1.165) is 15.8 Å². The molecule has 9 heteroatoms. The molecule has 0 aliphatic carbocycles. The minimum Gasteiger partial charge on any atom is -0.258 e. The number of hydrogen-bond donors (Lipinski definition) is 0. The molecule has 2 heterocycles. The van der Waals surface area contributed by atoms with E-state index in [1.807, 2.05) is 24.3 Å². The smallest absolute Gasteiger partial charge is 0.258 e. The zero-order chi connectivity index (χ0) is 19.8. The average molecular weight is 430 g/mol. The average Bonchev–Trinajstić information content (AvgIpc) is 2.69. The molecule has 1 unspecified atom stereocenters. The molecule has 0 spiro atoms. The van der Waals surface area contributed by atoms with Gasteiger partial charge in [-0.1, -0.05) is 41.6 Å². The highest BCUT2D eigenvalue weighted by molar-refractivity contribution is 8.00. The van der Waals surface area contributed by atoms with Gasteiger partial charge in [0.1, 0.15) is 0 Å². The van der Waals surface area contributed by atoms with Crippen LogP contribution in [0.25, 0.3) is 21.8 Å². The first-order chi connectivity index (χ1) is 13.5. The van der Waals surface area contributed by atoms with E-state index in [9.17, 15) is 14.3 Å². The molecule has 0 aliphatic rings. The minimum absolute atomic E-state index is 0.0527. The summed E-state index contributed by atoms with van der Waals surface area (Å²) in [5.74, 6) is 0. The van der Waals surface area contributed by atoms with E-state index in [1.54, 1.807) is 24.7 Å². The van der Waals surface area contributed by atoms with Gasteiger partial charge in [0.2, 0.25) is 0 Å². The number of pyridine rings is 2. The summed E-state index contributed by atoms with van der Waals surface area (Å²) in [6.45, 7) is 0. The Bertz CT molecular complexity index is 1280. The van der Waals surface area contributed by atoms with E-state index in [2.05, 4.69) is 9.97 Å². The second kappa shape index (κ2) is 7.46. The molecule has 6 nitrogen and oxygen atoms in total. The Morgan fingerprint density at radius 2 is 1.79 bits per heavy atom. The Kier molecular flexibility index (Phi) is 5.01. The van der Waals surface area contributed by atoms with Crippen molar-refractivity contribution in [1.82, 2.24) is 9.97 Å². The SMILES string of the molecule is CS(=O)c1cnc2ccccc2c1Sc1cnc2ccc([N+](=O)[O-])cc2c1Cl. The van der Waals surface area contributed by atoms with Crippen LogP contribution in [0.4, 0.5) is 5.69 Å². The molecule has 0 fully saturated rings. The van der Waals surface area contributed by atoms with Gasteiger partial charge in [-0.25, -0.2) is 0 Å². The predicted octanol–water partition coefficient (Wildman–Crippen LogP) is 5.23. The van der Waals surface area contributed by atoms with Crippen LogP contribution in [0.1, 0.15) is 0 Å². The van der Waals surface area contributed by atoms with Crippen LogP contribution in [0, 0.1) is 10.1 Å². The summed E-state index contributed by atoms with van der Waals surface area (Å²) in [6.07, 6.45) is 4.83. The fraction of sp³-hybridized carbons (Fsp3) is 0.0526. The monoisotopic (exact) mass is 429 g/mol. The maximum Gasteiger partial charge on any atom is 0.270 e. The van der Waals surface area contributed by atoms with E-state index in [0.29, 0.717) is 25.7 Å². The van der Waals surface area contributed by atoms with Crippen molar-refractivity contribution in [2.24, 2.45) is 0 Å². The standard InChI is InChI=1S/C19H12ClN3O3S2/c1-28(26)17-10-22-14-5-3-2-4-12(14)19(17)27-16-9-21-15-7-6-11(23(24)25)8-13(15)18(16)20/h2-10H,1H3. The fourth-order valence-corrected chi connectivity index (χ4v) is 5.16. The molecule has 0 saturated carbocycles. The number of para-hydroxylation sites is 1. The van der Waals surface area contributed by atoms with Crippen LogP contribution >= 0.6 is 23.4 Å². The normalized spacial score (nSPS) is 12.4. The lowest BCUT2D eigenvalue weighted by Crippen LogP contribution is -1.95. The Balaban J connectivity index is 1.91. The van der Waals surface area contributed by atoms with Crippen LogP contribution in [0.5, 0.6) is 0 Å².